The molecule has 3 N–H and O–H groups in total. The van der Waals surface area contributed by atoms with Crippen molar-refractivity contribution in [3.63, 3.8) is 0 Å². The fraction of sp³-hybridized carbons (Fsp3) is 0.182. The maximum atomic E-state index is 9.53. The number of nitriles is 3. The number of ether oxygens (including phenoxy) is 1. The van der Waals surface area contributed by atoms with Gasteiger partial charge in [0.15, 0.2) is 22.4 Å². The average Bonchev–Trinajstić information content (AvgIpc) is 2.40. The predicted octanol–water partition coefficient (Wildman–Crippen LogP) is -1.21. The van der Waals surface area contributed by atoms with Gasteiger partial charge in [0.1, 0.15) is 23.6 Å². The minimum absolute atomic E-state index is 0.171. The van der Waals surface area contributed by atoms with E-state index in [4.69, 9.17) is 26.3 Å². The van der Waals surface area contributed by atoms with Crippen molar-refractivity contribution < 1.29 is 9.84 Å². The quantitative estimate of drug-likeness (QED) is 0.668. The molecular formula is C11H8N6O2. The van der Waals surface area contributed by atoms with Crippen LogP contribution in [0.5, 0.6) is 0 Å². The summed E-state index contributed by atoms with van der Waals surface area (Å²) in [6, 6.07) is 4.86. The van der Waals surface area contributed by atoms with Gasteiger partial charge in [-0.2, -0.15) is 15.8 Å². The largest absolute Gasteiger partial charge is 0.479 e. The van der Waals surface area contributed by atoms with Crippen LogP contribution in [0.2, 0.25) is 0 Å². The van der Waals surface area contributed by atoms with E-state index in [1.165, 1.54) is 0 Å². The summed E-state index contributed by atoms with van der Waals surface area (Å²) in [7, 11) is 0. The molecule has 0 radical (unpaired) electrons. The minimum Gasteiger partial charge on any atom is -0.479 e. The minimum atomic E-state index is -0.578. The van der Waals surface area contributed by atoms with Gasteiger partial charge < -0.3 is 15.6 Å². The lowest BCUT2D eigenvalue weighted by Gasteiger charge is -2.02. The normalized spacial score (nSPS) is 10.6. The highest BCUT2D eigenvalue weighted by atomic mass is 16.6. The third-order valence-electron chi connectivity index (χ3n) is 1.97. The lowest BCUT2D eigenvalue weighted by molar-refractivity contribution is 0.189. The van der Waals surface area contributed by atoms with E-state index in [9.17, 15) is 5.11 Å². The maximum Gasteiger partial charge on any atom is 0.307 e. The molecule has 8 heteroatoms. The number of aliphatic hydroxyl groups is 1. The number of hydrogen-bond acceptors (Lipinski definition) is 8. The fourth-order valence-electron chi connectivity index (χ4n) is 1.19. The van der Waals surface area contributed by atoms with E-state index in [-0.39, 0.29) is 28.8 Å². The monoisotopic (exact) mass is 256 g/mol. The fourth-order valence-corrected chi connectivity index (χ4v) is 1.19. The van der Waals surface area contributed by atoms with Crippen LogP contribution in [-0.4, -0.2) is 21.7 Å². The number of nitrogens with zero attached hydrogens (tertiary/aromatic N) is 5. The number of rotatable bonds is 2. The van der Waals surface area contributed by atoms with E-state index in [1.807, 2.05) is 0 Å². The molecular weight excluding hydrogens is 248 g/mol. The molecule has 94 valence electrons. The Kier molecular flexibility index (Phi) is 4.24. The molecule has 1 aromatic rings. The second-order valence-corrected chi connectivity index (χ2v) is 3.10. The SMILES string of the molecule is CCO/C(O)=c1\nc(C#N)c(=C(C#N)C#N)nc1N. The van der Waals surface area contributed by atoms with E-state index in [1.54, 1.807) is 25.1 Å². The number of anilines is 1. The summed E-state index contributed by atoms with van der Waals surface area (Å²) in [6.07, 6.45) is 0. The molecule has 0 saturated heterocycles. The van der Waals surface area contributed by atoms with Gasteiger partial charge in [0.2, 0.25) is 0 Å². The molecule has 0 aliphatic rings. The molecule has 0 saturated carbocycles. The summed E-state index contributed by atoms with van der Waals surface area (Å²) in [5, 5.41) is 35.5. The third kappa shape index (κ3) is 2.68. The van der Waals surface area contributed by atoms with Crippen LogP contribution in [0.25, 0.3) is 11.5 Å². The van der Waals surface area contributed by atoms with Crippen molar-refractivity contribution in [2.45, 2.75) is 6.92 Å². The Morgan fingerprint density at radius 3 is 2.37 bits per heavy atom. The average molecular weight is 256 g/mol. The highest BCUT2D eigenvalue weighted by molar-refractivity contribution is 5.72. The Morgan fingerprint density at radius 1 is 1.26 bits per heavy atom. The lowest BCUT2D eigenvalue weighted by Crippen LogP contribution is -2.30. The molecule has 19 heavy (non-hydrogen) atoms. The van der Waals surface area contributed by atoms with Crippen molar-refractivity contribution in [3.05, 3.63) is 16.4 Å². The molecule has 0 spiro atoms. The molecule has 0 unspecified atom stereocenters. The Bertz CT molecular complexity index is 732. The van der Waals surface area contributed by atoms with Crippen molar-refractivity contribution >= 4 is 17.3 Å². The summed E-state index contributed by atoms with van der Waals surface area (Å²) >= 11 is 0. The summed E-state index contributed by atoms with van der Waals surface area (Å²) in [6.45, 7) is 1.81. The molecule has 0 aliphatic carbocycles. The van der Waals surface area contributed by atoms with E-state index >= 15 is 0 Å². The van der Waals surface area contributed by atoms with Crippen LogP contribution in [-0.2, 0) is 4.74 Å². The number of hydrogen-bond donors (Lipinski definition) is 2. The van der Waals surface area contributed by atoms with Crippen molar-refractivity contribution in [2.24, 2.45) is 0 Å². The molecule has 1 rings (SSSR count). The Balaban J connectivity index is 3.84. The van der Waals surface area contributed by atoms with E-state index < -0.39 is 11.5 Å². The molecule has 0 aromatic carbocycles. The van der Waals surface area contributed by atoms with Crippen LogP contribution in [0, 0.1) is 34.0 Å². The summed E-state index contributed by atoms with van der Waals surface area (Å²) in [5.74, 6) is -0.825. The van der Waals surface area contributed by atoms with Gasteiger partial charge in [0.05, 0.1) is 6.61 Å². The highest BCUT2D eigenvalue weighted by Gasteiger charge is 2.10. The smallest absolute Gasteiger partial charge is 0.307 e. The standard InChI is InChI=1S/C11H8N6O2/c1-2-19-11(18)9-10(15)17-8(6(3-12)4-13)7(5-14)16-9/h18H,2H2,1H3,(H2,15,17)/b11-9-. The first kappa shape index (κ1) is 13.8. The Hall–Kier alpha value is -3.31. The van der Waals surface area contributed by atoms with Crippen molar-refractivity contribution in [1.29, 1.82) is 15.8 Å². The first-order chi connectivity index (χ1) is 9.08. The van der Waals surface area contributed by atoms with Crippen LogP contribution in [0.1, 0.15) is 12.6 Å². The van der Waals surface area contributed by atoms with E-state index in [0.717, 1.165) is 0 Å². The van der Waals surface area contributed by atoms with Gasteiger partial charge in [-0.25, -0.2) is 9.97 Å². The second kappa shape index (κ2) is 5.85. The molecule has 0 fully saturated rings. The molecule has 0 amide bonds. The second-order valence-electron chi connectivity index (χ2n) is 3.10. The van der Waals surface area contributed by atoms with Crippen molar-refractivity contribution in [1.82, 2.24) is 9.97 Å². The van der Waals surface area contributed by atoms with Gasteiger partial charge in [-0.15, -0.1) is 0 Å². The summed E-state index contributed by atoms with van der Waals surface area (Å²) < 4.78 is 4.80. The molecule has 0 atom stereocenters. The summed E-state index contributed by atoms with van der Waals surface area (Å²) in [5.41, 5.74) is 4.86. The van der Waals surface area contributed by atoms with Crippen molar-refractivity contribution in [2.75, 3.05) is 12.3 Å². The zero-order chi connectivity index (χ0) is 14.4. The Labute approximate surface area is 107 Å². The van der Waals surface area contributed by atoms with Gasteiger partial charge in [0, 0.05) is 0 Å². The van der Waals surface area contributed by atoms with Gasteiger partial charge in [-0.05, 0) is 6.92 Å². The van der Waals surface area contributed by atoms with Crippen LogP contribution in [0.4, 0.5) is 5.82 Å². The van der Waals surface area contributed by atoms with Crippen LogP contribution >= 0.6 is 0 Å². The Morgan fingerprint density at radius 2 is 1.89 bits per heavy atom. The maximum absolute atomic E-state index is 9.53. The predicted molar refractivity (Wildman–Crippen MR) is 62.7 cm³/mol. The van der Waals surface area contributed by atoms with Gasteiger partial charge in [-0.3, -0.25) is 0 Å². The number of aromatic nitrogens is 2. The van der Waals surface area contributed by atoms with E-state index in [2.05, 4.69) is 9.97 Å². The topological polar surface area (TPSA) is 153 Å². The van der Waals surface area contributed by atoms with Gasteiger partial charge >= 0.3 is 5.95 Å². The molecule has 0 aliphatic heterocycles. The van der Waals surface area contributed by atoms with Crippen LogP contribution in [0.3, 0.4) is 0 Å². The van der Waals surface area contributed by atoms with Crippen molar-refractivity contribution in [3.8, 4) is 18.2 Å². The van der Waals surface area contributed by atoms with Gasteiger partial charge in [0.25, 0.3) is 0 Å². The number of nitrogens with two attached hydrogens (primary N) is 1. The number of aliphatic hydroxyl groups excluding tert-OH is 1. The molecule has 1 heterocycles. The highest BCUT2D eigenvalue weighted by Crippen LogP contribution is 1.94. The zero-order valence-electron chi connectivity index (χ0n) is 9.88. The first-order valence-corrected chi connectivity index (χ1v) is 5.03. The van der Waals surface area contributed by atoms with E-state index in [0.29, 0.717) is 0 Å². The van der Waals surface area contributed by atoms with Crippen LogP contribution < -0.4 is 16.4 Å². The van der Waals surface area contributed by atoms with Crippen LogP contribution in [0.15, 0.2) is 0 Å². The molecule has 0 bridgehead atoms. The summed E-state index contributed by atoms with van der Waals surface area (Å²) in [4.78, 5) is 7.48. The molecule has 1 aromatic heterocycles. The third-order valence-corrected chi connectivity index (χ3v) is 1.97. The lowest BCUT2D eigenvalue weighted by atomic mass is 10.2. The van der Waals surface area contributed by atoms with Gasteiger partial charge in [-0.1, -0.05) is 0 Å². The first-order valence-electron chi connectivity index (χ1n) is 5.03. The number of nitrogen functional groups attached to an aromatic ring is 1. The zero-order valence-corrected chi connectivity index (χ0v) is 9.88. The molecule has 8 nitrogen and oxygen atoms in total.